The Hall–Kier alpha value is -2.45. The normalized spacial score (nSPS) is 23.3. The van der Waals surface area contributed by atoms with Crippen LogP contribution in [0.4, 0.5) is 0 Å². The van der Waals surface area contributed by atoms with Gasteiger partial charge in [-0.15, -0.1) is 13.3 Å². The molecule has 3 aromatic rings. The molecule has 2 atom stereocenters. The molecule has 0 bridgehead atoms. The van der Waals surface area contributed by atoms with Crippen LogP contribution in [0.3, 0.4) is 0 Å². The molecule has 1 saturated carbocycles. The molecule has 52 heavy (non-hydrogen) atoms. The zero-order valence-corrected chi connectivity index (χ0v) is 37.7. The molecule has 1 fully saturated rings. The molecule has 0 aliphatic heterocycles. The van der Waals surface area contributed by atoms with Gasteiger partial charge in [0, 0.05) is 0 Å². The van der Waals surface area contributed by atoms with Crippen molar-refractivity contribution in [2.45, 2.75) is 93.9 Å². The minimum atomic E-state index is 0. The average molecular weight is 894 g/mol. The van der Waals surface area contributed by atoms with Gasteiger partial charge in [0.15, 0.2) is 0 Å². The number of fused-ring (bicyclic) bond motifs is 6. The summed E-state index contributed by atoms with van der Waals surface area (Å²) < 4.78 is 1.65. The zero-order valence-electron chi connectivity index (χ0n) is 32.5. The van der Waals surface area contributed by atoms with Crippen LogP contribution in [0.1, 0.15) is 96.9 Å². The molecule has 8 rings (SSSR count). The topological polar surface area (TPSA) is 0 Å². The van der Waals surface area contributed by atoms with Gasteiger partial charge in [0.1, 0.15) is 0 Å². The van der Waals surface area contributed by atoms with E-state index in [1.54, 1.807) is 31.5 Å². The van der Waals surface area contributed by atoms with E-state index < -0.39 is 0 Å². The SMILES string of the molecule is C[C-]1C2=C3Cc4ccccc4C3=C3C=CCCC3C2(C)C(C)(C)C(C)(C)C1(C)C.[C-]1=CC=CC1.[Cl-].[Cl-].[Hf+2]=[C](Cc1ccccc1)Cc1ccccc1. The summed E-state index contributed by atoms with van der Waals surface area (Å²) in [4.78, 5) is 0. The summed E-state index contributed by atoms with van der Waals surface area (Å²) in [6.45, 7) is 20.3. The van der Waals surface area contributed by atoms with Crippen molar-refractivity contribution < 1.29 is 48.7 Å². The van der Waals surface area contributed by atoms with E-state index >= 15 is 0 Å². The summed E-state index contributed by atoms with van der Waals surface area (Å²) in [6, 6.07) is 30.6. The van der Waals surface area contributed by atoms with E-state index in [0.717, 1.165) is 25.7 Å². The Labute approximate surface area is 342 Å². The van der Waals surface area contributed by atoms with Crippen LogP contribution in [-0.2, 0) is 43.2 Å². The van der Waals surface area contributed by atoms with Crippen molar-refractivity contribution in [2.75, 3.05) is 0 Å². The summed E-state index contributed by atoms with van der Waals surface area (Å²) >= 11 is 1.18. The van der Waals surface area contributed by atoms with Crippen LogP contribution in [0.5, 0.6) is 0 Å². The van der Waals surface area contributed by atoms with Crippen LogP contribution in [0.25, 0.3) is 5.57 Å². The summed E-state index contributed by atoms with van der Waals surface area (Å²) in [5.74, 6) is 2.24. The van der Waals surface area contributed by atoms with Crippen LogP contribution in [0.2, 0.25) is 0 Å². The van der Waals surface area contributed by atoms with Crippen molar-refractivity contribution in [3.05, 3.63) is 166 Å². The fourth-order valence-corrected chi connectivity index (χ4v) is 11.1. The molecule has 0 radical (unpaired) electrons. The zero-order chi connectivity index (χ0) is 35.7. The fourth-order valence-electron chi connectivity index (χ4n) is 9.66. The van der Waals surface area contributed by atoms with Crippen molar-refractivity contribution >= 4 is 8.83 Å². The fraction of sp³-hybridized carbons (Fsp3) is 0.388. The van der Waals surface area contributed by atoms with E-state index in [2.05, 4.69) is 165 Å². The number of hydrogen-bond acceptors (Lipinski definition) is 0. The second kappa shape index (κ2) is 16.9. The molecule has 0 aromatic heterocycles. The monoisotopic (exact) mass is 894 g/mol. The molecule has 5 aliphatic carbocycles. The van der Waals surface area contributed by atoms with E-state index in [4.69, 9.17) is 0 Å². The van der Waals surface area contributed by atoms with Gasteiger partial charge in [-0.3, -0.25) is 6.08 Å². The van der Waals surface area contributed by atoms with E-state index in [1.807, 2.05) is 12.2 Å². The van der Waals surface area contributed by atoms with Crippen molar-refractivity contribution in [3.63, 3.8) is 0 Å². The van der Waals surface area contributed by atoms with Gasteiger partial charge in [-0.1, -0.05) is 113 Å². The van der Waals surface area contributed by atoms with Crippen LogP contribution < -0.4 is 24.8 Å². The van der Waals surface area contributed by atoms with Crippen LogP contribution in [0, 0.1) is 39.6 Å². The van der Waals surface area contributed by atoms with Gasteiger partial charge in [-0.25, -0.2) is 18.1 Å². The second-order valence-corrected chi connectivity index (χ2v) is 19.2. The Morgan fingerprint density at radius 1 is 0.769 bits per heavy atom. The van der Waals surface area contributed by atoms with E-state index in [-0.39, 0.29) is 46.5 Å². The third-order valence-corrected chi connectivity index (χ3v) is 15.2. The number of allylic oxidation sites excluding steroid dienone is 10. The number of rotatable bonds is 4. The van der Waals surface area contributed by atoms with Gasteiger partial charge >= 0.3 is 112 Å². The van der Waals surface area contributed by atoms with E-state index in [9.17, 15) is 0 Å². The first kappa shape index (κ1) is 42.3. The Kier molecular flexibility index (Phi) is 13.8. The summed E-state index contributed by atoms with van der Waals surface area (Å²) in [5.41, 5.74) is 13.2. The predicted octanol–water partition coefficient (Wildman–Crippen LogP) is 6.47. The standard InChI is InChI=1S/C29H37.C15H14.C5H5.2ClH.Hf/c1-18-25-22-17-19-13-9-10-14-20(19)24(22)21-15-11-12-16-23(21)29(25,8)28(6,7)27(4,5)26(18,2)3;1-3-8-14(9-4-1)12-7-13-15-10-5-2-6-11-15;1-2-4-5-3-1;;;/h9-11,13-15,23H,12,16-17H2,1-8H3;1-6,8-11H,12-13H2;1-3H,4H2;2*1H;/q-1;;-1;;;+2/p-2. The molecule has 2 unspecified atom stereocenters. The van der Waals surface area contributed by atoms with Crippen LogP contribution in [0.15, 0.2) is 132 Å². The molecular weight excluding hydrogens is 838 g/mol. The molecule has 0 saturated heterocycles. The maximum atomic E-state index is 2.99. The number of halogens is 2. The van der Waals surface area contributed by atoms with E-state index in [1.165, 1.54) is 59.0 Å². The first-order valence-electron chi connectivity index (χ1n) is 18.8. The molecule has 3 aromatic carbocycles. The number of hydrogen-bond donors (Lipinski definition) is 0. The average Bonchev–Trinajstić information content (AvgIpc) is 3.81. The Morgan fingerprint density at radius 3 is 1.88 bits per heavy atom. The van der Waals surface area contributed by atoms with Crippen molar-refractivity contribution in [3.8, 4) is 0 Å². The molecular formula is C49H56Cl2Hf-2. The molecule has 272 valence electrons. The van der Waals surface area contributed by atoms with Gasteiger partial charge in [-0.05, 0) is 40.6 Å². The molecule has 0 spiro atoms. The predicted molar refractivity (Wildman–Crippen MR) is 211 cm³/mol. The summed E-state index contributed by atoms with van der Waals surface area (Å²) in [5, 5.41) is 0. The summed E-state index contributed by atoms with van der Waals surface area (Å²) in [6.07, 6.45) is 20.8. The Balaban J connectivity index is 0.000000221. The third-order valence-electron chi connectivity index (χ3n) is 13.9. The first-order chi connectivity index (χ1) is 23.8. The van der Waals surface area contributed by atoms with E-state index in [0.29, 0.717) is 5.92 Å². The molecule has 0 nitrogen and oxygen atoms in total. The first-order valence-corrected chi connectivity index (χ1v) is 20.5. The molecule has 0 N–H and O–H groups in total. The van der Waals surface area contributed by atoms with Crippen LogP contribution >= 0.6 is 0 Å². The van der Waals surface area contributed by atoms with Crippen molar-refractivity contribution in [1.82, 2.24) is 0 Å². The molecule has 3 heteroatoms. The second-order valence-electron chi connectivity index (χ2n) is 16.7. The van der Waals surface area contributed by atoms with Gasteiger partial charge in [-0.2, -0.15) is 17.2 Å². The van der Waals surface area contributed by atoms with Crippen LogP contribution in [-0.4, -0.2) is 3.26 Å². The minimum absolute atomic E-state index is 0. The van der Waals surface area contributed by atoms with Crippen molar-refractivity contribution in [1.29, 1.82) is 0 Å². The van der Waals surface area contributed by atoms with Gasteiger partial charge in [0.25, 0.3) is 0 Å². The Bertz CT molecular complexity index is 1810. The summed E-state index contributed by atoms with van der Waals surface area (Å²) in [7, 11) is 0. The van der Waals surface area contributed by atoms with Gasteiger partial charge < -0.3 is 24.8 Å². The molecule has 0 heterocycles. The number of benzene rings is 3. The molecule has 5 aliphatic rings. The maximum absolute atomic E-state index is 2.99. The van der Waals surface area contributed by atoms with Crippen molar-refractivity contribution in [2.24, 2.45) is 27.6 Å². The Morgan fingerprint density at radius 2 is 1.35 bits per heavy atom. The molecule has 0 amide bonds. The van der Waals surface area contributed by atoms with Gasteiger partial charge in [0.05, 0.1) is 0 Å². The van der Waals surface area contributed by atoms with Gasteiger partial charge in [0.2, 0.25) is 0 Å². The third kappa shape index (κ3) is 7.46. The quantitative estimate of drug-likeness (QED) is 0.209.